The molecule has 0 aliphatic rings. The van der Waals surface area contributed by atoms with E-state index in [-0.39, 0.29) is 11.8 Å². The second-order valence-electron chi connectivity index (χ2n) is 8.52. The van der Waals surface area contributed by atoms with Crippen molar-refractivity contribution in [1.29, 1.82) is 0 Å². The Morgan fingerprint density at radius 2 is 1.32 bits per heavy atom. The van der Waals surface area contributed by atoms with Crippen molar-refractivity contribution in [2.45, 2.75) is 13.3 Å². The van der Waals surface area contributed by atoms with Crippen molar-refractivity contribution in [3.63, 3.8) is 0 Å². The highest BCUT2D eigenvalue weighted by Gasteiger charge is 2.14. The minimum atomic E-state index is -0.168. The molecule has 4 aromatic carbocycles. The van der Waals surface area contributed by atoms with Gasteiger partial charge in [-0.3, -0.25) is 14.2 Å². The zero-order chi connectivity index (χ0) is 25.6. The van der Waals surface area contributed by atoms with Crippen LogP contribution in [0.4, 0.5) is 11.4 Å². The van der Waals surface area contributed by atoms with E-state index in [1.165, 1.54) is 0 Å². The third-order valence-corrected chi connectivity index (χ3v) is 5.91. The second kappa shape index (κ2) is 10.7. The molecule has 37 heavy (non-hydrogen) atoms. The first-order valence-electron chi connectivity index (χ1n) is 12.1. The summed E-state index contributed by atoms with van der Waals surface area (Å²) in [5.74, 6) is 0.447. The van der Waals surface area contributed by atoms with Gasteiger partial charge >= 0.3 is 0 Å². The molecule has 2 amide bonds. The number of carbonyl (C=O) groups is 2. The molecule has 5 aromatic rings. The molecule has 0 aliphatic heterocycles. The van der Waals surface area contributed by atoms with Crippen LogP contribution in [0.15, 0.2) is 109 Å². The van der Waals surface area contributed by atoms with Crippen LogP contribution in [0.2, 0.25) is 0 Å². The Bertz CT molecular complexity index is 1570. The molecule has 0 saturated carbocycles. The molecule has 6 nitrogen and oxygen atoms in total. The van der Waals surface area contributed by atoms with Gasteiger partial charge in [-0.2, -0.15) is 0 Å². The molecule has 0 atom stereocenters. The highest BCUT2D eigenvalue weighted by molar-refractivity contribution is 6.05. The van der Waals surface area contributed by atoms with E-state index in [1.807, 2.05) is 89.6 Å². The highest BCUT2D eigenvalue weighted by atomic mass is 16.2. The first kappa shape index (κ1) is 23.8. The van der Waals surface area contributed by atoms with Crippen LogP contribution in [0.3, 0.4) is 0 Å². The Kier molecular flexibility index (Phi) is 6.90. The molecule has 182 valence electrons. The number of amides is 2. The fraction of sp³-hybridized carbons (Fsp3) is 0.0645. The Labute approximate surface area is 215 Å². The molecule has 0 unspecified atom stereocenters. The number of nitrogens with zero attached hydrogens (tertiary/aromatic N) is 2. The molecule has 0 spiro atoms. The van der Waals surface area contributed by atoms with Crippen molar-refractivity contribution in [3.8, 4) is 11.4 Å². The van der Waals surface area contributed by atoms with Gasteiger partial charge in [0.05, 0.1) is 11.0 Å². The lowest BCUT2D eigenvalue weighted by atomic mass is 10.1. The molecular weight excluding hydrogens is 460 g/mol. The topological polar surface area (TPSA) is 76.0 Å². The van der Waals surface area contributed by atoms with Gasteiger partial charge in [-0.15, -0.1) is 0 Å². The number of hydrogen-bond acceptors (Lipinski definition) is 3. The molecular formula is C31H26N4O2. The minimum absolute atomic E-state index is 0.156. The normalized spacial score (nSPS) is 11.1. The predicted molar refractivity (Wildman–Crippen MR) is 150 cm³/mol. The van der Waals surface area contributed by atoms with Gasteiger partial charge in [-0.1, -0.05) is 49.4 Å². The van der Waals surface area contributed by atoms with Crippen molar-refractivity contribution in [3.05, 3.63) is 120 Å². The maximum Gasteiger partial charge on any atom is 0.255 e. The van der Waals surface area contributed by atoms with Crippen LogP contribution < -0.4 is 10.6 Å². The van der Waals surface area contributed by atoms with Crippen molar-refractivity contribution in [2.75, 3.05) is 10.6 Å². The summed E-state index contributed by atoms with van der Waals surface area (Å²) < 4.78 is 2.04. The zero-order valence-corrected chi connectivity index (χ0v) is 20.4. The van der Waals surface area contributed by atoms with Crippen LogP contribution in [0.1, 0.15) is 34.1 Å². The van der Waals surface area contributed by atoms with E-state index < -0.39 is 0 Å². The van der Waals surface area contributed by atoms with Crippen LogP contribution >= 0.6 is 0 Å². The molecule has 0 saturated heterocycles. The summed E-state index contributed by atoms with van der Waals surface area (Å²) in [6.07, 6.45) is 4.97. The number of anilines is 2. The third-order valence-electron chi connectivity index (χ3n) is 5.91. The number of imidazole rings is 1. The Hall–Kier alpha value is -4.97. The van der Waals surface area contributed by atoms with Crippen molar-refractivity contribution in [2.24, 2.45) is 0 Å². The summed E-state index contributed by atoms with van der Waals surface area (Å²) in [7, 11) is 0. The van der Waals surface area contributed by atoms with Gasteiger partial charge < -0.3 is 10.6 Å². The lowest BCUT2D eigenvalue weighted by Gasteiger charge is -2.08. The smallest absolute Gasteiger partial charge is 0.255 e. The minimum Gasteiger partial charge on any atom is -0.322 e. The van der Waals surface area contributed by atoms with Crippen LogP contribution in [0.5, 0.6) is 0 Å². The fourth-order valence-electron chi connectivity index (χ4n) is 4.03. The van der Waals surface area contributed by atoms with Crippen LogP contribution in [0.25, 0.3) is 28.6 Å². The van der Waals surface area contributed by atoms with Crippen molar-refractivity contribution >= 4 is 40.4 Å². The number of carbonyl (C=O) groups excluding carboxylic acids is 2. The van der Waals surface area contributed by atoms with Crippen LogP contribution in [-0.2, 0) is 0 Å². The number of allylic oxidation sites excluding steroid dienone is 1. The standard InChI is InChI=1S/C31H26N4O2/c1-2-3-20-35-28-19-18-26(33-31(37)24-12-8-5-9-13-24)21-27(28)34-29(35)22-14-16-25(17-15-22)32-30(36)23-10-6-4-7-11-23/h3-21H,2H2,1H3,(H,32,36)(H,33,37)/b20-3+. The number of hydrogen-bond donors (Lipinski definition) is 2. The highest BCUT2D eigenvalue weighted by Crippen LogP contribution is 2.28. The molecule has 5 rings (SSSR count). The lowest BCUT2D eigenvalue weighted by molar-refractivity contribution is 0.101. The average Bonchev–Trinajstić information content (AvgIpc) is 3.30. The quantitative estimate of drug-likeness (QED) is 0.258. The summed E-state index contributed by atoms with van der Waals surface area (Å²) in [4.78, 5) is 30.0. The maximum absolute atomic E-state index is 12.6. The Morgan fingerprint density at radius 1 is 0.757 bits per heavy atom. The average molecular weight is 487 g/mol. The summed E-state index contributed by atoms with van der Waals surface area (Å²) in [6, 6.07) is 31.6. The summed E-state index contributed by atoms with van der Waals surface area (Å²) in [6.45, 7) is 2.08. The van der Waals surface area contributed by atoms with Gasteiger partial charge in [0.2, 0.25) is 0 Å². The van der Waals surface area contributed by atoms with E-state index in [0.29, 0.717) is 22.5 Å². The van der Waals surface area contributed by atoms with Gasteiger partial charge in [-0.05, 0) is 73.2 Å². The van der Waals surface area contributed by atoms with Gasteiger partial charge in [0.25, 0.3) is 11.8 Å². The van der Waals surface area contributed by atoms with E-state index in [2.05, 4.69) is 23.6 Å². The first-order valence-corrected chi connectivity index (χ1v) is 12.1. The van der Waals surface area contributed by atoms with Gasteiger partial charge in [0.1, 0.15) is 5.82 Å². The molecule has 6 heteroatoms. The Balaban J connectivity index is 1.43. The maximum atomic E-state index is 12.6. The number of aromatic nitrogens is 2. The van der Waals surface area contributed by atoms with E-state index in [1.54, 1.807) is 24.3 Å². The lowest BCUT2D eigenvalue weighted by Crippen LogP contribution is -2.11. The molecule has 0 radical (unpaired) electrons. The summed E-state index contributed by atoms with van der Waals surface area (Å²) in [5, 5.41) is 5.89. The van der Waals surface area contributed by atoms with E-state index in [4.69, 9.17) is 4.98 Å². The number of rotatable bonds is 7. The summed E-state index contributed by atoms with van der Waals surface area (Å²) in [5.41, 5.74) is 5.19. The zero-order valence-electron chi connectivity index (χ0n) is 20.4. The van der Waals surface area contributed by atoms with Gasteiger partial charge in [0.15, 0.2) is 0 Å². The van der Waals surface area contributed by atoms with Crippen LogP contribution in [-0.4, -0.2) is 21.4 Å². The molecule has 0 aliphatic carbocycles. The monoisotopic (exact) mass is 486 g/mol. The van der Waals surface area contributed by atoms with Gasteiger partial charge in [-0.25, -0.2) is 4.98 Å². The first-order chi connectivity index (χ1) is 18.1. The largest absolute Gasteiger partial charge is 0.322 e. The molecule has 1 heterocycles. The molecule has 0 fully saturated rings. The number of fused-ring (bicyclic) bond motifs is 1. The van der Waals surface area contributed by atoms with Crippen molar-refractivity contribution in [1.82, 2.24) is 9.55 Å². The van der Waals surface area contributed by atoms with Gasteiger partial charge in [0, 0.05) is 34.3 Å². The third kappa shape index (κ3) is 5.33. The van der Waals surface area contributed by atoms with Crippen molar-refractivity contribution < 1.29 is 9.59 Å². The summed E-state index contributed by atoms with van der Waals surface area (Å²) >= 11 is 0. The van der Waals surface area contributed by atoms with E-state index in [0.717, 1.165) is 28.8 Å². The molecule has 0 bridgehead atoms. The SMILES string of the molecule is CC/C=C/n1c(-c2ccc(NC(=O)c3ccccc3)cc2)nc2cc(NC(=O)c3ccccc3)ccc21. The predicted octanol–water partition coefficient (Wildman–Crippen LogP) is 7.09. The van der Waals surface area contributed by atoms with Crippen LogP contribution in [0, 0.1) is 0 Å². The second-order valence-corrected chi connectivity index (χ2v) is 8.52. The number of nitrogens with one attached hydrogen (secondary N) is 2. The molecule has 2 N–H and O–H groups in total. The van der Waals surface area contributed by atoms with E-state index in [9.17, 15) is 9.59 Å². The fourth-order valence-corrected chi connectivity index (χ4v) is 4.03. The number of benzene rings is 4. The Morgan fingerprint density at radius 3 is 1.92 bits per heavy atom. The van der Waals surface area contributed by atoms with E-state index >= 15 is 0 Å². The molecule has 1 aromatic heterocycles.